The van der Waals surface area contributed by atoms with E-state index in [0.717, 1.165) is 70.9 Å². The van der Waals surface area contributed by atoms with Gasteiger partial charge in [0, 0.05) is 61.9 Å². The van der Waals surface area contributed by atoms with Crippen LogP contribution in [0.1, 0.15) is 24.1 Å². The Morgan fingerprint density at radius 3 is 2.67 bits per heavy atom. The van der Waals surface area contributed by atoms with Gasteiger partial charge in [0.2, 0.25) is 12.5 Å². The van der Waals surface area contributed by atoms with Crippen molar-refractivity contribution < 1.29 is 14.3 Å². The maximum absolute atomic E-state index is 12.6. The van der Waals surface area contributed by atoms with Crippen LogP contribution in [-0.2, 0) is 22.5 Å². The van der Waals surface area contributed by atoms with Gasteiger partial charge in [0.05, 0.1) is 30.0 Å². The third-order valence-corrected chi connectivity index (χ3v) is 9.87. The molecule has 1 atom stereocenters. The number of rotatable bonds is 10. The third-order valence-electron chi connectivity index (χ3n) is 9.55. The lowest BCUT2D eigenvalue weighted by atomic mass is 9.67. The summed E-state index contributed by atoms with van der Waals surface area (Å²) in [7, 11) is 5.93. The van der Waals surface area contributed by atoms with Gasteiger partial charge < -0.3 is 33.9 Å². The number of amides is 1. The number of benzene rings is 2. The Balaban J connectivity index is 1.34. The van der Waals surface area contributed by atoms with Gasteiger partial charge in [-0.3, -0.25) is 4.79 Å². The Morgan fingerprint density at radius 2 is 1.96 bits per heavy atom. The Kier molecular flexibility index (Phi) is 9.37. The summed E-state index contributed by atoms with van der Waals surface area (Å²) in [6.07, 6.45) is 4.15. The summed E-state index contributed by atoms with van der Waals surface area (Å²) < 4.78 is 12.1. The van der Waals surface area contributed by atoms with E-state index < -0.39 is 0 Å². The van der Waals surface area contributed by atoms with Crippen LogP contribution >= 0.6 is 11.6 Å². The summed E-state index contributed by atoms with van der Waals surface area (Å²) in [6, 6.07) is 12.4. The zero-order chi connectivity index (χ0) is 32.4. The summed E-state index contributed by atoms with van der Waals surface area (Å²) in [5.74, 6) is 0.689. The zero-order valence-electron chi connectivity index (χ0n) is 26.9. The first-order valence-electron chi connectivity index (χ1n) is 15.9. The molecule has 1 aromatic heterocycles. The molecule has 2 aliphatic heterocycles. The average molecular weight is 644 g/mol. The first kappa shape index (κ1) is 32.0. The number of fused-ring (bicyclic) bond motifs is 2. The summed E-state index contributed by atoms with van der Waals surface area (Å²) in [6.45, 7) is 15.8. The van der Waals surface area contributed by atoms with Crippen molar-refractivity contribution in [2.45, 2.75) is 38.0 Å². The van der Waals surface area contributed by atoms with Gasteiger partial charge in [-0.25, -0.2) is 6.57 Å². The van der Waals surface area contributed by atoms with Gasteiger partial charge in [-0.15, -0.1) is 0 Å². The number of piperazine rings is 1. The number of anilines is 2. The maximum atomic E-state index is 12.6. The molecule has 242 valence electrons. The second kappa shape index (κ2) is 13.4. The zero-order valence-corrected chi connectivity index (χ0v) is 27.7. The fourth-order valence-electron chi connectivity index (χ4n) is 7.43. The molecule has 3 aromatic rings. The third kappa shape index (κ3) is 6.37. The molecule has 2 fully saturated rings. The van der Waals surface area contributed by atoms with E-state index in [9.17, 15) is 4.79 Å². The van der Waals surface area contributed by atoms with Crippen LogP contribution in [0.5, 0.6) is 6.01 Å². The smallest absolute Gasteiger partial charge is 0.318 e. The molecule has 1 amide bonds. The van der Waals surface area contributed by atoms with Crippen molar-refractivity contribution in [3.8, 4) is 6.01 Å². The van der Waals surface area contributed by atoms with E-state index in [4.69, 9.17) is 37.6 Å². The molecule has 0 unspecified atom stereocenters. The van der Waals surface area contributed by atoms with Crippen molar-refractivity contribution in [2.24, 2.45) is 5.41 Å². The number of hydrogen-bond donors (Lipinski definition) is 0. The molecule has 10 nitrogen and oxygen atoms in total. The summed E-state index contributed by atoms with van der Waals surface area (Å²) in [5, 5.41) is 2.86. The van der Waals surface area contributed by atoms with Crippen molar-refractivity contribution in [1.82, 2.24) is 19.8 Å². The van der Waals surface area contributed by atoms with Crippen molar-refractivity contribution >= 4 is 39.8 Å². The van der Waals surface area contributed by atoms with Gasteiger partial charge in [0.1, 0.15) is 11.9 Å². The molecular formula is C35H42ClN7O3. The number of aromatic nitrogens is 2. The van der Waals surface area contributed by atoms with Gasteiger partial charge in [0.25, 0.3) is 0 Å². The molecule has 0 spiro atoms. The molecule has 1 saturated heterocycles. The van der Waals surface area contributed by atoms with Crippen LogP contribution in [0.25, 0.3) is 15.6 Å². The minimum absolute atomic E-state index is 0.0350. The Bertz CT molecular complexity index is 1650. The summed E-state index contributed by atoms with van der Waals surface area (Å²) in [5.41, 5.74) is 3.06. The van der Waals surface area contributed by atoms with Crippen LogP contribution in [0.2, 0.25) is 5.02 Å². The van der Waals surface area contributed by atoms with E-state index in [1.54, 1.807) is 12.0 Å². The number of carbonyl (C=O) groups excluding carboxylic acids is 1. The van der Waals surface area contributed by atoms with Crippen LogP contribution < -0.4 is 14.5 Å². The van der Waals surface area contributed by atoms with E-state index in [1.807, 2.05) is 12.1 Å². The lowest BCUT2D eigenvalue weighted by molar-refractivity contribution is -0.128. The highest BCUT2D eigenvalue weighted by Crippen LogP contribution is 2.44. The van der Waals surface area contributed by atoms with Gasteiger partial charge in [-0.2, -0.15) is 9.97 Å². The number of nitrogens with zero attached hydrogens (tertiary/aromatic N) is 7. The fraction of sp³-hybridized carbons (Fsp3) is 0.486. The number of hydrogen-bond acceptors (Lipinski definition) is 8. The van der Waals surface area contributed by atoms with Crippen LogP contribution in [0.15, 0.2) is 49.1 Å². The number of halogens is 1. The molecule has 6 rings (SSSR count). The Morgan fingerprint density at radius 1 is 1.17 bits per heavy atom. The molecule has 0 N–H and O–H groups in total. The van der Waals surface area contributed by atoms with Crippen LogP contribution in [0.3, 0.4) is 0 Å². The number of ether oxygens (including phenoxy) is 2. The van der Waals surface area contributed by atoms with Crippen LogP contribution in [0.4, 0.5) is 11.5 Å². The van der Waals surface area contributed by atoms with E-state index in [1.165, 1.54) is 6.08 Å². The van der Waals surface area contributed by atoms with E-state index in [0.29, 0.717) is 38.8 Å². The van der Waals surface area contributed by atoms with Crippen LogP contribution in [-0.4, -0.2) is 105 Å². The van der Waals surface area contributed by atoms with E-state index in [-0.39, 0.29) is 30.0 Å². The molecule has 3 aliphatic rings. The minimum atomic E-state index is -0.256. The van der Waals surface area contributed by atoms with Crippen molar-refractivity contribution in [3.63, 3.8) is 0 Å². The highest BCUT2D eigenvalue weighted by molar-refractivity contribution is 6.36. The van der Waals surface area contributed by atoms with Crippen LogP contribution in [0, 0.1) is 12.0 Å². The Labute approximate surface area is 276 Å². The average Bonchev–Trinajstić information content (AvgIpc) is 3.04. The van der Waals surface area contributed by atoms with Gasteiger partial charge in [0.15, 0.2) is 0 Å². The fourth-order valence-corrected chi connectivity index (χ4v) is 7.71. The predicted molar refractivity (Wildman–Crippen MR) is 182 cm³/mol. The SMILES string of the molecule is [C-]#[N+]C[C@H]1CN(c2nc(OCC3(CN(C)C)CC(OC)C3)nc3c2CCN(c2cccc4cccc(Cl)c24)C3)CCN1C(=O)C=C. The second-order valence-corrected chi connectivity index (χ2v) is 13.4. The predicted octanol–water partition coefficient (Wildman–Crippen LogP) is 4.70. The quantitative estimate of drug-likeness (QED) is 0.232. The standard InChI is InChI=1S/C35H42ClN7O3/c1-6-31(44)43-16-15-42(20-25(43)19-37-2)33-27-13-14-41(30-12-8-10-24-9-7-11-28(36)32(24)30)21-29(27)38-34(39-33)46-23-35(22-40(3)4)17-26(18-35)45-5/h6-12,25-26H,1,13-23H2,3-5H3/t25-,26?,35?/m0/s1. The Hall–Kier alpha value is -3.91. The maximum Gasteiger partial charge on any atom is 0.318 e. The highest BCUT2D eigenvalue weighted by atomic mass is 35.5. The minimum Gasteiger partial charge on any atom is -0.463 e. The molecule has 0 bridgehead atoms. The first-order chi connectivity index (χ1) is 22.2. The van der Waals surface area contributed by atoms with Crippen molar-refractivity contribution in [1.29, 1.82) is 0 Å². The number of carbonyl (C=O) groups is 1. The van der Waals surface area contributed by atoms with Crippen molar-refractivity contribution in [2.75, 3.05) is 76.9 Å². The summed E-state index contributed by atoms with van der Waals surface area (Å²) >= 11 is 6.73. The van der Waals surface area contributed by atoms with E-state index in [2.05, 4.69) is 64.5 Å². The second-order valence-electron chi connectivity index (χ2n) is 13.0. The van der Waals surface area contributed by atoms with Gasteiger partial charge in [-0.05, 0) is 57.0 Å². The summed E-state index contributed by atoms with van der Waals surface area (Å²) in [4.78, 5) is 34.8. The topological polar surface area (TPSA) is 78.6 Å². The number of methoxy groups -OCH3 is 1. The van der Waals surface area contributed by atoms with Gasteiger partial charge in [-0.1, -0.05) is 42.4 Å². The highest BCUT2D eigenvalue weighted by Gasteiger charge is 2.46. The van der Waals surface area contributed by atoms with Crippen molar-refractivity contribution in [3.05, 3.63) is 76.8 Å². The lowest BCUT2D eigenvalue weighted by Gasteiger charge is -2.47. The molecular weight excluding hydrogens is 602 g/mol. The normalized spacial score (nSPS) is 22.7. The molecule has 0 radical (unpaired) electrons. The molecule has 46 heavy (non-hydrogen) atoms. The largest absolute Gasteiger partial charge is 0.463 e. The molecule has 1 aliphatic carbocycles. The lowest BCUT2D eigenvalue weighted by Crippen LogP contribution is -2.56. The molecule has 11 heteroatoms. The van der Waals surface area contributed by atoms with E-state index >= 15 is 0 Å². The molecule has 1 saturated carbocycles. The molecule has 2 aromatic carbocycles. The van der Waals surface area contributed by atoms with Gasteiger partial charge >= 0.3 is 6.01 Å². The molecule has 3 heterocycles. The first-order valence-corrected chi connectivity index (χ1v) is 16.3. The monoisotopic (exact) mass is 643 g/mol.